The molecule has 0 fully saturated rings. The predicted molar refractivity (Wildman–Crippen MR) is 72.7 cm³/mol. The van der Waals surface area contributed by atoms with Crippen LogP contribution in [0.15, 0.2) is 48.5 Å². The molecular formula is C14H14N2O3. The largest absolute Gasteiger partial charge is 0.497 e. The molecule has 3 N–H and O–H groups in total. The second-order valence-corrected chi connectivity index (χ2v) is 3.76. The Morgan fingerprint density at radius 3 is 2.32 bits per heavy atom. The maximum Gasteiger partial charge on any atom is 0.316 e. The number of benzene rings is 2. The smallest absolute Gasteiger partial charge is 0.316 e. The molecule has 0 spiro atoms. The lowest BCUT2D eigenvalue weighted by Crippen LogP contribution is -2.19. The second-order valence-electron chi connectivity index (χ2n) is 3.76. The van der Waals surface area contributed by atoms with Gasteiger partial charge in [-0.3, -0.25) is 0 Å². The Kier molecular flexibility index (Phi) is 3.87. The van der Waals surface area contributed by atoms with Crippen LogP contribution in [-0.2, 0) is 0 Å². The first kappa shape index (κ1) is 12.8. The van der Waals surface area contributed by atoms with Crippen LogP contribution in [-0.4, -0.2) is 13.1 Å². The van der Waals surface area contributed by atoms with Gasteiger partial charge in [-0.05, 0) is 36.4 Å². The Morgan fingerprint density at radius 2 is 1.68 bits per heavy atom. The molecule has 2 aromatic rings. The number of para-hydroxylation sites is 2. The molecular weight excluding hydrogens is 244 g/mol. The minimum atomic E-state index is -0.634. The van der Waals surface area contributed by atoms with E-state index in [-0.39, 0.29) is 0 Å². The Bertz CT molecular complexity index is 567. The van der Waals surface area contributed by atoms with Crippen LogP contribution in [0, 0.1) is 0 Å². The van der Waals surface area contributed by atoms with Crippen molar-refractivity contribution in [2.45, 2.75) is 0 Å². The van der Waals surface area contributed by atoms with Gasteiger partial charge in [0.15, 0.2) is 5.75 Å². The number of nitrogens with two attached hydrogens (primary N) is 1. The van der Waals surface area contributed by atoms with Crippen molar-refractivity contribution < 1.29 is 14.3 Å². The van der Waals surface area contributed by atoms with Crippen LogP contribution < -0.4 is 20.5 Å². The van der Waals surface area contributed by atoms with Gasteiger partial charge in [-0.25, -0.2) is 4.79 Å². The van der Waals surface area contributed by atoms with E-state index >= 15 is 0 Å². The van der Waals surface area contributed by atoms with Crippen LogP contribution in [0.4, 0.5) is 10.5 Å². The molecule has 0 atom stereocenters. The zero-order chi connectivity index (χ0) is 13.7. The Balaban J connectivity index is 2.19. The number of hydrogen-bond acceptors (Lipinski definition) is 3. The normalized spacial score (nSPS) is 9.74. The van der Waals surface area contributed by atoms with Crippen molar-refractivity contribution in [3.05, 3.63) is 48.5 Å². The summed E-state index contributed by atoms with van der Waals surface area (Å²) in [5.41, 5.74) is 5.62. The Labute approximate surface area is 110 Å². The molecule has 19 heavy (non-hydrogen) atoms. The Hall–Kier alpha value is -2.69. The van der Waals surface area contributed by atoms with E-state index in [9.17, 15) is 4.79 Å². The number of amides is 2. The highest BCUT2D eigenvalue weighted by Gasteiger charge is 2.06. The molecule has 0 unspecified atom stereocenters. The first-order chi connectivity index (χ1) is 9.19. The molecule has 98 valence electrons. The number of rotatable bonds is 4. The van der Waals surface area contributed by atoms with Crippen molar-refractivity contribution >= 4 is 11.7 Å². The van der Waals surface area contributed by atoms with Gasteiger partial charge in [0.1, 0.15) is 11.5 Å². The summed E-state index contributed by atoms with van der Waals surface area (Å²) in [6.07, 6.45) is 0. The monoisotopic (exact) mass is 258 g/mol. The number of primary amides is 1. The van der Waals surface area contributed by atoms with Crippen LogP contribution in [0.3, 0.4) is 0 Å². The summed E-state index contributed by atoms with van der Waals surface area (Å²) >= 11 is 0. The molecule has 0 aliphatic carbocycles. The van der Waals surface area contributed by atoms with Crippen LogP contribution in [0.25, 0.3) is 0 Å². The van der Waals surface area contributed by atoms with Crippen LogP contribution in [0.2, 0.25) is 0 Å². The number of hydrogen-bond donors (Lipinski definition) is 2. The van der Waals surface area contributed by atoms with E-state index in [0.717, 1.165) is 5.75 Å². The molecule has 5 heteroatoms. The van der Waals surface area contributed by atoms with E-state index in [1.54, 1.807) is 49.6 Å². The number of anilines is 1. The summed E-state index contributed by atoms with van der Waals surface area (Å²) in [6.45, 7) is 0. The van der Waals surface area contributed by atoms with Crippen molar-refractivity contribution in [2.75, 3.05) is 12.4 Å². The standard InChI is InChI=1S/C14H14N2O3/c1-18-10-6-8-11(9-7-10)19-13-5-3-2-4-12(13)16-14(15)17/h2-9H,1H3,(H3,15,16,17). The minimum absolute atomic E-state index is 0.519. The predicted octanol–water partition coefficient (Wildman–Crippen LogP) is 2.98. The van der Waals surface area contributed by atoms with Gasteiger partial charge in [0, 0.05) is 0 Å². The lowest BCUT2D eigenvalue weighted by molar-refractivity contribution is 0.259. The van der Waals surface area contributed by atoms with Gasteiger partial charge < -0.3 is 20.5 Å². The third-order valence-electron chi connectivity index (χ3n) is 2.43. The maximum atomic E-state index is 10.9. The number of carbonyl (C=O) groups excluding carboxylic acids is 1. The van der Waals surface area contributed by atoms with E-state index in [2.05, 4.69) is 5.32 Å². The van der Waals surface area contributed by atoms with Crippen molar-refractivity contribution in [3.8, 4) is 17.2 Å². The van der Waals surface area contributed by atoms with E-state index in [0.29, 0.717) is 17.2 Å². The zero-order valence-corrected chi connectivity index (χ0v) is 10.4. The number of urea groups is 1. The molecule has 0 aromatic heterocycles. The summed E-state index contributed by atoms with van der Waals surface area (Å²) in [7, 11) is 1.60. The minimum Gasteiger partial charge on any atom is -0.497 e. The topological polar surface area (TPSA) is 73.6 Å². The molecule has 0 heterocycles. The average molecular weight is 258 g/mol. The molecule has 0 saturated heterocycles. The van der Waals surface area contributed by atoms with Crippen molar-refractivity contribution in [1.29, 1.82) is 0 Å². The lowest BCUT2D eigenvalue weighted by atomic mass is 10.3. The number of ether oxygens (including phenoxy) is 2. The third-order valence-corrected chi connectivity index (χ3v) is 2.43. The SMILES string of the molecule is COc1ccc(Oc2ccccc2NC(N)=O)cc1. The maximum absolute atomic E-state index is 10.9. The van der Waals surface area contributed by atoms with E-state index in [1.165, 1.54) is 0 Å². The van der Waals surface area contributed by atoms with E-state index in [4.69, 9.17) is 15.2 Å². The molecule has 2 amide bonds. The fourth-order valence-corrected chi connectivity index (χ4v) is 1.56. The number of methoxy groups -OCH3 is 1. The quantitative estimate of drug-likeness (QED) is 0.885. The highest BCUT2D eigenvalue weighted by Crippen LogP contribution is 2.29. The summed E-state index contributed by atoms with van der Waals surface area (Å²) in [6, 6.07) is 13.6. The molecule has 0 radical (unpaired) electrons. The number of carbonyl (C=O) groups is 1. The molecule has 2 rings (SSSR count). The summed E-state index contributed by atoms with van der Waals surface area (Å²) in [4.78, 5) is 10.9. The summed E-state index contributed by atoms with van der Waals surface area (Å²) in [5.74, 6) is 1.90. The van der Waals surface area contributed by atoms with E-state index in [1.807, 2.05) is 6.07 Å². The van der Waals surface area contributed by atoms with Crippen LogP contribution in [0.5, 0.6) is 17.2 Å². The van der Waals surface area contributed by atoms with Crippen molar-refractivity contribution in [2.24, 2.45) is 5.73 Å². The summed E-state index contributed by atoms with van der Waals surface area (Å²) in [5, 5.41) is 2.51. The highest BCUT2D eigenvalue weighted by atomic mass is 16.5. The van der Waals surface area contributed by atoms with Gasteiger partial charge in [-0.1, -0.05) is 12.1 Å². The van der Waals surface area contributed by atoms with Crippen molar-refractivity contribution in [3.63, 3.8) is 0 Å². The molecule has 5 nitrogen and oxygen atoms in total. The molecule has 2 aromatic carbocycles. The lowest BCUT2D eigenvalue weighted by Gasteiger charge is -2.11. The second kappa shape index (κ2) is 5.77. The first-order valence-electron chi connectivity index (χ1n) is 5.66. The summed E-state index contributed by atoms with van der Waals surface area (Å²) < 4.78 is 10.8. The highest BCUT2D eigenvalue weighted by molar-refractivity contribution is 5.89. The van der Waals surface area contributed by atoms with Crippen molar-refractivity contribution in [1.82, 2.24) is 0 Å². The fraction of sp³-hybridized carbons (Fsp3) is 0.0714. The van der Waals surface area contributed by atoms with Gasteiger partial charge in [-0.15, -0.1) is 0 Å². The fourth-order valence-electron chi connectivity index (χ4n) is 1.56. The van der Waals surface area contributed by atoms with E-state index < -0.39 is 6.03 Å². The molecule has 0 bridgehead atoms. The Morgan fingerprint density at radius 1 is 1.05 bits per heavy atom. The average Bonchev–Trinajstić information content (AvgIpc) is 2.41. The van der Waals surface area contributed by atoms with Gasteiger partial charge >= 0.3 is 6.03 Å². The zero-order valence-electron chi connectivity index (χ0n) is 10.4. The third kappa shape index (κ3) is 3.38. The molecule has 0 aliphatic rings. The number of nitrogens with one attached hydrogen (secondary N) is 1. The first-order valence-corrected chi connectivity index (χ1v) is 5.66. The van der Waals surface area contributed by atoms with Gasteiger partial charge in [0.2, 0.25) is 0 Å². The molecule has 0 saturated carbocycles. The van der Waals surface area contributed by atoms with Crippen LogP contribution >= 0.6 is 0 Å². The molecule has 0 aliphatic heterocycles. The van der Waals surface area contributed by atoms with Gasteiger partial charge in [0.25, 0.3) is 0 Å². The van der Waals surface area contributed by atoms with Gasteiger partial charge in [-0.2, -0.15) is 0 Å². The van der Waals surface area contributed by atoms with Crippen LogP contribution in [0.1, 0.15) is 0 Å². The van der Waals surface area contributed by atoms with Gasteiger partial charge in [0.05, 0.1) is 12.8 Å².